The summed E-state index contributed by atoms with van der Waals surface area (Å²) in [4.78, 5) is 76.8. The van der Waals surface area contributed by atoms with Gasteiger partial charge in [0.15, 0.2) is 0 Å². The van der Waals surface area contributed by atoms with Gasteiger partial charge in [0.2, 0.25) is 0 Å². The molecule has 4 aromatic rings. The van der Waals surface area contributed by atoms with Crippen LogP contribution in [0.15, 0.2) is 121 Å². The third kappa shape index (κ3) is 13.5. The predicted octanol–water partition coefficient (Wildman–Crippen LogP) is 5.34. The van der Waals surface area contributed by atoms with Crippen LogP contribution in [0.2, 0.25) is 0 Å². The molecule has 0 radical (unpaired) electrons. The van der Waals surface area contributed by atoms with Gasteiger partial charge in [0.05, 0.1) is 0 Å². The van der Waals surface area contributed by atoms with Gasteiger partial charge in [-0.05, 0) is 35.1 Å². The second kappa shape index (κ2) is 21.0. The number of unbranched alkanes of at least 4 members (excludes halogenated alkanes) is 1. The molecule has 0 aliphatic heterocycles. The van der Waals surface area contributed by atoms with E-state index >= 15 is 0 Å². The Labute approximate surface area is 300 Å². The molecule has 0 heterocycles. The number of hydrogen-bond donors (Lipinski definition) is 0. The molecule has 4 aromatic carbocycles. The second-order valence-electron chi connectivity index (χ2n) is 11.3. The zero-order valence-electron chi connectivity index (χ0n) is 28.3. The highest BCUT2D eigenvalue weighted by molar-refractivity contribution is 6.00. The Morgan fingerprint density at radius 2 is 0.596 bits per heavy atom. The van der Waals surface area contributed by atoms with E-state index in [4.69, 9.17) is 28.4 Å². The lowest BCUT2D eigenvalue weighted by molar-refractivity contribution is -0.182. The van der Waals surface area contributed by atoms with Gasteiger partial charge in [-0.25, -0.2) is 19.2 Å². The van der Waals surface area contributed by atoms with Crippen molar-refractivity contribution in [2.45, 2.75) is 64.3 Å². The van der Waals surface area contributed by atoms with Crippen molar-refractivity contribution < 1.29 is 57.2 Å². The second-order valence-corrected chi connectivity index (χ2v) is 11.3. The van der Waals surface area contributed by atoms with Gasteiger partial charge >= 0.3 is 35.8 Å². The molecule has 4 rings (SSSR count). The van der Waals surface area contributed by atoms with Crippen molar-refractivity contribution in [2.24, 2.45) is 0 Å². The first-order valence-corrected chi connectivity index (χ1v) is 16.5. The first-order chi connectivity index (χ1) is 25.3. The molecule has 0 fully saturated rings. The predicted molar refractivity (Wildman–Crippen MR) is 183 cm³/mol. The first-order valence-electron chi connectivity index (χ1n) is 16.5. The summed E-state index contributed by atoms with van der Waals surface area (Å²) in [6, 6.07) is 34.9. The summed E-state index contributed by atoms with van der Waals surface area (Å²) in [5.41, 5.74) is 2.62. The lowest BCUT2D eigenvalue weighted by Crippen LogP contribution is -2.38. The van der Waals surface area contributed by atoms with Crippen molar-refractivity contribution in [2.75, 3.05) is 0 Å². The Bertz CT molecular complexity index is 1500. The van der Waals surface area contributed by atoms with Gasteiger partial charge in [-0.2, -0.15) is 0 Å². The van der Waals surface area contributed by atoms with Gasteiger partial charge < -0.3 is 28.4 Å². The quantitative estimate of drug-likeness (QED) is 0.0533. The van der Waals surface area contributed by atoms with Gasteiger partial charge in [0.25, 0.3) is 12.2 Å². The van der Waals surface area contributed by atoms with Crippen LogP contribution in [0.1, 0.15) is 47.9 Å². The molecule has 52 heavy (non-hydrogen) atoms. The van der Waals surface area contributed by atoms with Crippen LogP contribution in [0.4, 0.5) is 0 Å². The van der Waals surface area contributed by atoms with Gasteiger partial charge in [-0.3, -0.25) is 9.59 Å². The first kappa shape index (κ1) is 38.5. The van der Waals surface area contributed by atoms with Gasteiger partial charge in [0.1, 0.15) is 26.4 Å². The van der Waals surface area contributed by atoms with Crippen molar-refractivity contribution in [3.63, 3.8) is 0 Å². The van der Waals surface area contributed by atoms with E-state index in [1.807, 2.05) is 0 Å². The molecule has 12 heteroatoms. The maximum Gasteiger partial charge on any atom is 0.359 e. The minimum Gasteiger partial charge on any atom is -0.458 e. The average Bonchev–Trinajstić information content (AvgIpc) is 3.18. The van der Waals surface area contributed by atoms with E-state index in [0.717, 1.165) is 0 Å². The largest absolute Gasteiger partial charge is 0.458 e. The lowest BCUT2D eigenvalue weighted by atomic mass is 10.2. The average molecular weight is 711 g/mol. The maximum atomic E-state index is 12.9. The van der Waals surface area contributed by atoms with Crippen molar-refractivity contribution in [3.05, 3.63) is 144 Å². The van der Waals surface area contributed by atoms with E-state index in [-0.39, 0.29) is 52.1 Å². The molecule has 0 spiro atoms. The Morgan fingerprint density at radius 1 is 0.365 bits per heavy atom. The number of rotatable bonds is 19. The van der Waals surface area contributed by atoms with Crippen LogP contribution < -0.4 is 0 Å². The van der Waals surface area contributed by atoms with Crippen LogP contribution in [-0.4, -0.2) is 48.0 Å². The summed E-state index contributed by atoms with van der Waals surface area (Å²) in [5.74, 6) is -6.27. The van der Waals surface area contributed by atoms with Gasteiger partial charge in [-0.1, -0.05) is 121 Å². The van der Waals surface area contributed by atoms with Crippen LogP contribution in [0.25, 0.3) is 0 Å². The Morgan fingerprint density at radius 3 is 0.827 bits per heavy atom. The highest BCUT2D eigenvalue weighted by atomic mass is 16.6. The fourth-order valence-corrected chi connectivity index (χ4v) is 4.52. The monoisotopic (exact) mass is 710 g/mol. The normalized spacial score (nSPS) is 10.6. The Kier molecular flexibility index (Phi) is 15.6. The molecule has 0 aromatic heterocycles. The smallest absolute Gasteiger partial charge is 0.359 e. The van der Waals surface area contributed by atoms with Crippen molar-refractivity contribution in [1.82, 2.24) is 0 Å². The Hall–Kier alpha value is -6.30. The summed E-state index contributed by atoms with van der Waals surface area (Å²) in [7, 11) is 0. The third-order valence-electron chi connectivity index (χ3n) is 7.26. The van der Waals surface area contributed by atoms with Crippen molar-refractivity contribution in [3.8, 4) is 0 Å². The maximum absolute atomic E-state index is 12.9. The summed E-state index contributed by atoms with van der Waals surface area (Å²) in [6.07, 6.45) is -4.39. The zero-order valence-corrected chi connectivity index (χ0v) is 28.3. The Balaban J connectivity index is 1.28. The highest BCUT2D eigenvalue weighted by Gasteiger charge is 2.35. The minimum atomic E-state index is -1.98. The van der Waals surface area contributed by atoms with E-state index in [1.165, 1.54) is 0 Å². The molecule has 0 saturated heterocycles. The van der Waals surface area contributed by atoms with Crippen LogP contribution in [0.5, 0.6) is 0 Å². The van der Waals surface area contributed by atoms with Crippen LogP contribution in [-0.2, 0) is 83.6 Å². The van der Waals surface area contributed by atoms with E-state index in [1.54, 1.807) is 121 Å². The summed E-state index contributed by atoms with van der Waals surface area (Å²) >= 11 is 0. The van der Waals surface area contributed by atoms with E-state index < -0.39 is 48.0 Å². The third-order valence-corrected chi connectivity index (χ3v) is 7.26. The lowest BCUT2D eigenvalue weighted by Gasteiger charge is -2.17. The van der Waals surface area contributed by atoms with Crippen LogP contribution >= 0.6 is 0 Å². The number of ether oxygens (including phenoxy) is 6. The molecular formula is C40H38O12. The van der Waals surface area contributed by atoms with E-state index in [0.29, 0.717) is 22.3 Å². The van der Waals surface area contributed by atoms with E-state index in [9.17, 15) is 28.8 Å². The molecule has 0 amide bonds. The zero-order chi connectivity index (χ0) is 37.0. The molecule has 0 atom stereocenters. The molecule has 12 nitrogen and oxygen atoms in total. The van der Waals surface area contributed by atoms with Crippen LogP contribution in [0.3, 0.4) is 0 Å². The van der Waals surface area contributed by atoms with Crippen LogP contribution in [0, 0.1) is 0 Å². The summed E-state index contributed by atoms with van der Waals surface area (Å²) in [5, 5.41) is 0. The number of hydrogen-bond acceptors (Lipinski definition) is 12. The van der Waals surface area contributed by atoms with Crippen molar-refractivity contribution in [1.29, 1.82) is 0 Å². The summed E-state index contributed by atoms with van der Waals surface area (Å²) < 4.78 is 31.3. The minimum absolute atomic E-state index is 0.0698. The molecular weight excluding hydrogens is 672 g/mol. The molecule has 0 aliphatic carbocycles. The standard InChI is InChI=1S/C40H38O12/c41-33(51-35(37(43)47-25-29-15-5-1-6-16-29)38(44)48-26-30-17-7-2-8-18-30)23-13-14-24-34(42)52-36(39(45)49-27-31-19-9-3-10-20-31)40(46)50-28-32-21-11-4-12-22-32/h1-12,15-22,35-36H,13-14,23-28H2. The SMILES string of the molecule is O=C(CCCCC(=O)OC(C(=O)OCc1ccccc1)C(=O)OCc1ccccc1)OC(C(=O)OCc1ccccc1)C(=O)OCc1ccccc1. The topological polar surface area (TPSA) is 158 Å². The highest BCUT2D eigenvalue weighted by Crippen LogP contribution is 2.13. The molecule has 0 bridgehead atoms. The fourth-order valence-electron chi connectivity index (χ4n) is 4.52. The molecule has 0 unspecified atom stereocenters. The van der Waals surface area contributed by atoms with E-state index in [2.05, 4.69) is 0 Å². The van der Waals surface area contributed by atoms with Gasteiger partial charge in [-0.15, -0.1) is 0 Å². The number of esters is 6. The number of carbonyl (C=O) groups excluding carboxylic acids is 6. The van der Waals surface area contributed by atoms with Gasteiger partial charge in [0, 0.05) is 12.8 Å². The number of benzene rings is 4. The molecule has 270 valence electrons. The molecule has 0 N–H and O–H groups in total. The molecule has 0 saturated carbocycles. The van der Waals surface area contributed by atoms with Crippen molar-refractivity contribution >= 4 is 35.8 Å². The fraction of sp³-hybridized carbons (Fsp3) is 0.250. The number of carbonyl (C=O) groups is 6. The molecule has 0 aliphatic rings. The summed E-state index contributed by atoms with van der Waals surface area (Å²) in [6.45, 7) is -0.657.